The Balaban J connectivity index is 1.62. The Hall–Kier alpha value is -3.55. The van der Waals surface area contributed by atoms with Crippen LogP contribution in [0.15, 0.2) is 40.8 Å². The monoisotopic (exact) mass is 625 g/mol. The van der Waals surface area contributed by atoms with E-state index in [1.165, 1.54) is 37.4 Å². The van der Waals surface area contributed by atoms with Crippen molar-refractivity contribution >= 4 is 11.0 Å². The molecular weight excluding hydrogens is 592 g/mol. The molecule has 3 heterocycles. The van der Waals surface area contributed by atoms with E-state index in [4.69, 9.17) is 28.1 Å². The molecule has 3 aromatic rings. The fourth-order valence-corrected chi connectivity index (χ4v) is 4.96. The number of benzene rings is 2. The predicted octanol–water partition coefficient (Wildman–Crippen LogP) is -1.84. The van der Waals surface area contributed by atoms with Gasteiger partial charge in [0, 0.05) is 18.2 Å². The summed E-state index contributed by atoms with van der Waals surface area (Å²) in [6.07, 6.45) is -16.3. The molecule has 16 nitrogen and oxygen atoms in total. The number of phenolic OH excluding ortho intramolecular Hbond substituents is 2. The highest BCUT2D eigenvalue weighted by Gasteiger charge is 2.47. The molecule has 0 saturated carbocycles. The van der Waals surface area contributed by atoms with Crippen molar-refractivity contribution < 1.29 is 79.2 Å². The molecule has 0 amide bonds. The molecule has 2 aliphatic rings. The SMILES string of the molecule is COc1cc(-c2[o+]c3cc(O)cc(O[C@@H]4O[C@H](CO)[C@@H](O)[C@H](O)[C@H]4O)c3cc2O[C@H]2O[C@@H](CO)[C@H](O)[C@@H](O)[C@@H]2O)ccc1O. The minimum absolute atomic E-state index is 0.0206. The summed E-state index contributed by atoms with van der Waals surface area (Å²) in [6, 6.07) is 7.81. The van der Waals surface area contributed by atoms with Crippen molar-refractivity contribution in [1.82, 2.24) is 0 Å². The van der Waals surface area contributed by atoms with Gasteiger partial charge < -0.3 is 74.7 Å². The number of methoxy groups -OCH3 is 1. The summed E-state index contributed by atoms with van der Waals surface area (Å²) in [5.74, 6) is -0.907. The number of hydrogen-bond donors (Lipinski definition) is 10. The first kappa shape index (κ1) is 31.9. The van der Waals surface area contributed by atoms with Crippen LogP contribution < -0.4 is 14.2 Å². The topological polar surface area (TPSA) is 260 Å². The first-order chi connectivity index (χ1) is 21.0. The number of hydrogen-bond acceptors (Lipinski definition) is 15. The van der Waals surface area contributed by atoms with Gasteiger partial charge in [-0.15, -0.1) is 0 Å². The molecule has 240 valence electrons. The van der Waals surface area contributed by atoms with Crippen LogP contribution >= 0.6 is 0 Å². The maximum Gasteiger partial charge on any atom is 0.402 e. The highest BCUT2D eigenvalue weighted by molar-refractivity contribution is 5.89. The smallest absolute Gasteiger partial charge is 0.402 e. The van der Waals surface area contributed by atoms with E-state index < -0.39 is 74.6 Å². The number of ether oxygens (including phenoxy) is 5. The van der Waals surface area contributed by atoms with Gasteiger partial charge in [0.15, 0.2) is 11.5 Å². The summed E-state index contributed by atoms with van der Waals surface area (Å²) in [7, 11) is 1.32. The van der Waals surface area contributed by atoms with Crippen molar-refractivity contribution in [1.29, 1.82) is 0 Å². The lowest BCUT2D eigenvalue weighted by molar-refractivity contribution is -0.277. The van der Waals surface area contributed by atoms with E-state index in [0.717, 1.165) is 6.07 Å². The average Bonchev–Trinajstić information content (AvgIpc) is 3.01. The lowest BCUT2D eigenvalue weighted by Gasteiger charge is -2.39. The molecule has 2 saturated heterocycles. The van der Waals surface area contributed by atoms with E-state index >= 15 is 0 Å². The van der Waals surface area contributed by atoms with Gasteiger partial charge >= 0.3 is 11.3 Å². The van der Waals surface area contributed by atoms with E-state index in [1.807, 2.05) is 0 Å². The summed E-state index contributed by atoms with van der Waals surface area (Å²) in [5.41, 5.74) is 0.244. The third-order valence-corrected chi connectivity index (χ3v) is 7.43. The van der Waals surface area contributed by atoms with Crippen molar-refractivity contribution in [2.45, 2.75) is 61.4 Å². The maximum absolute atomic E-state index is 10.6. The van der Waals surface area contributed by atoms with Crippen molar-refractivity contribution in [2.24, 2.45) is 0 Å². The van der Waals surface area contributed by atoms with Gasteiger partial charge in [-0.1, -0.05) is 0 Å². The fraction of sp³-hybridized carbons (Fsp3) is 0.464. The van der Waals surface area contributed by atoms with Crippen LogP contribution in [0.1, 0.15) is 0 Å². The minimum atomic E-state index is -1.80. The summed E-state index contributed by atoms with van der Waals surface area (Å²) >= 11 is 0. The number of rotatable bonds is 8. The van der Waals surface area contributed by atoms with Crippen molar-refractivity contribution in [2.75, 3.05) is 20.3 Å². The molecule has 0 aliphatic carbocycles. The maximum atomic E-state index is 10.6. The average molecular weight is 626 g/mol. The molecule has 5 rings (SSSR count). The highest BCUT2D eigenvalue weighted by atomic mass is 16.7. The van der Waals surface area contributed by atoms with Crippen LogP contribution in [0.2, 0.25) is 0 Å². The Morgan fingerprint density at radius 3 is 1.80 bits per heavy atom. The molecule has 2 fully saturated rings. The van der Waals surface area contributed by atoms with Crippen LogP contribution in [0.3, 0.4) is 0 Å². The molecule has 2 aliphatic heterocycles. The van der Waals surface area contributed by atoms with Gasteiger partial charge in [-0.2, -0.15) is 0 Å². The van der Waals surface area contributed by atoms with Gasteiger partial charge in [0.1, 0.15) is 65.7 Å². The van der Waals surface area contributed by atoms with Crippen LogP contribution in [-0.2, 0) is 9.47 Å². The molecule has 44 heavy (non-hydrogen) atoms. The van der Waals surface area contributed by atoms with Crippen LogP contribution in [0.4, 0.5) is 0 Å². The van der Waals surface area contributed by atoms with Crippen molar-refractivity contribution in [3.63, 3.8) is 0 Å². The van der Waals surface area contributed by atoms with E-state index in [-0.39, 0.29) is 51.0 Å². The molecule has 0 spiro atoms. The molecular formula is C28H33O16+. The fourth-order valence-electron chi connectivity index (χ4n) is 4.96. The third kappa shape index (κ3) is 5.92. The standard InChI is InChI=1S/C28H32O16/c1-39-16-4-10(2-3-13(16)32)26-17(42-28-25(38)23(36)21(34)19(9-30)44-28)7-12-14(40-26)5-11(31)6-15(12)41-27-24(37)22(35)20(33)18(8-29)43-27/h2-7,18-25,27-30,33-38H,8-9H2,1H3,(H-,31,32)/p+1/t18-,19+,20-,21+,22+,23-,24-,25+,27-,28+/m1/s1. The Morgan fingerprint density at radius 1 is 0.682 bits per heavy atom. The van der Waals surface area contributed by atoms with Crippen LogP contribution in [0, 0.1) is 0 Å². The van der Waals surface area contributed by atoms with Gasteiger partial charge in [-0.05, 0) is 12.1 Å². The Kier molecular flexibility index (Phi) is 9.28. The van der Waals surface area contributed by atoms with Crippen LogP contribution in [0.5, 0.6) is 28.7 Å². The van der Waals surface area contributed by atoms with Gasteiger partial charge in [0.2, 0.25) is 18.3 Å². The molecule has 10 atom stereocenters. The first-order valence-electron chi connectivity index (χ1n) is 13.4. The van der Waals surface area contributed by atoms with Crippen molar-refractivity contribution in [3.8, 4) is 40.1 Å². The van der Waals surface area contributed by atoms with E-state index in [2.05, 4.69) is 0 Å². The number of phenols is 2. The zero-order valence-electron chi connectivity index (χ0n) is 23.1. The number of aromatic hydroxyl groups is 2. The van der Waals surface area contributed by atoms with Gasteiger partial charge in [0.05, 0.1) is 32.0 Å². The summed E-state index contributed by atoms with van der Waals surface area (Å²) < 4.78 is 33.9. The minimum Gasteiger partial charge on any atom is -0.507 e. The second-order valence-corrected chi connectivity index (χ2v) is 10.3. The third-order valence-electron chi connectivity index (χ3n) is 7.43. The van der Waals surface area contributed by atoms with E-state index in [1.54, 1.807) is 0 Å². The Morgan fingerprint density at radius 2 is 1.25 bits per heavy atom. The molecule has 0 bridgehead atoms. The second kappa shape index (κ2) is 12.8. The summed E-state index contributed by atoms with van der Waals surface area (Å²) in [5, 5.41) is 102. The quantitative estimate of drug-likeness (QED) is 0.123. The lowest BCUT2D eigenvalue weighted by atomic mass is 9.99. The predicted molar refractivity (Wildman–Crippen MR) is 145 cm³/mol. The highest BCUT2D eigenvalue weighted by Crippen LogP contribution is 2.43. The van der Waals surface area contributed by atoms with Crippen molar-refractivity contribution in [3.05, 3.63) is 36.4 Å². The van der Waals surface area contributed by atoms with Gasteiger partial charge in [-0.3, -0.25) is 0 Å². The number of aliphatic hydroxyl groups excluding tert-OH is 8. The molecule has 2 aromatic carbocycles. The van der Waals surface area contributed by atoms with E-state index in [0.29, 0.717) is 0 Å². The van der Waals surface area contributed by atoms with Crippen LogP contribution in [0.25, 0.3) is 22.3 Å². The molecule has 10 N–H and O–H groups in total. The van der Waals surface area contributed by atoms with Gasteiger partial charge in [0.25, 0.3) is 0 Å². The molecule has 1 aromatic heterocycles. The number of aliphatic hydroxyl groups is 8. The zero-order chi connectivity index (χ0) is 31.9. The zero-order valence-corrected chi connectivity index (χ0v) is 23.1. The second-order valence-electron chi connectivity index (χ2n) is 10.3. The largest absolute Gasteiger partial charge is 0.507 e. The summed E-state index contributed by atoms with van der Waals surface area (Å²) in [4.78, 5) is 0. The lowest BCUT2D eigenvalue weighted by Crippen LogP contribution is -2.60. The first-order valence-corrected chi connectivity index (χ1v) is 13.4. The molecule has 0 unspecified atom stereocenters. The molecule has 16 heteroatoms. The number of fused-ring (bicyclic) bond motifs is 1. The van der Waals surface area contributed by atoms with E-state index in [9.17, 15) is 51.1 Å². The molecule has 0 radical (unpaired) electrons. The van der Waals surface area contributed by atoms with Crippen LogP contribution in [-0.4, -0.2) is 133 Å². The normalized spacial score (nSPS) is 32.4. The van der Waals surface area contributed by atoms with Gasteiger partial charge in [-0.25, -0.2) is 4.42 Å². The summed E-state index contributed by atoms with van der Waals surface area (Å²) in [6.45, 7) is -1.43. The Bertz CT molecular complexity index is 1460. The Labute approximate surface area is 248 Å².